The fourth-order valence-electron chi connectivity index (χ4n) is 1.66. The van der Waals surface area contributed by atoms with Crippen LogP contribution in [0.25, 0.3) is 0 Å². The maximum Gasteiger partial charge on any atom is 0.283 e. The lowest BCUT2D eigenvalue weighted by atomic mass is 10.2. The van der Waals surface area contributed by atoms with Crippen molar-refractivity contribution in [2.75, 3.05) is 14.2 Å². The van der Waals surface area contributed by atoms with Gasteiger partial charge in [0.25, 0.3) is 11.8 Å². The summed E-state index contributed by atoms with van der Waals surface area (Å²) in [4.78, 5) is 24.3. The van der Waals surface area contributed by atoms with Gasteiger partial charge in [0.1, 0.15) is 10.6 Å². The monoisotopic (exact) mass is 384 g/mol. The topological polar surface area (TPSA) is 76.7 Å². The molecule has 0 aliphatic heterocycles. The van der Waals surface area contributed by atoms with E-state index in [1.54, 1.807) is 36.8 Å². The molecule has 22 heavy (non-hydrogen) atoms. The van der Waals surface area contributed by atoms with Crippen LogP contribution in [0.3, 0.4) is 0 Å². The van der Waals surface area contributed by atoms with Crippen LogP contribution >= 0.6 is 27.3 Å². The van der Waals surface area contributed by atoms with E-state index in [2.05, 4.69) is 26.8 Å². The number of rotatable bonds is 4. The van der Waals surface area contributed by atoms with Crippen molar-refractivity contribution < 1.29 is 19.1 Å². The number of halogens is 1. The van der Waals surface area contributed by atoms with Crippen LogP contribution in [0.15, 0.2) is 34.1 Å². The summed E-state index contributed by atoms with van der Waals surface area (Å²) in [6.07, 6.45) is 0. The number of amides is 2. The summed E-state index contributed by atoms with van der Waals surface area (Å²) in [7, 11) is 3.02. The second-order valence-electron chi connectivity index (χ2n) is 4.08. The normalized spacial score (nSPS) is 9.95. The van der Waals surface area contributed by atoms with Gasteiger partial charge in [-0.2, -0.15) is 0 Å². The largest absolute Gasteiger partial charge is 0.497 e. The Bertz CT molecular complexity index is 685. The summed E-state index contributed by atoms with van der Waals surface area (Å²) in [5.74, 6) is 0.204. The van der Waals surface area contributed by atoms with Crippen molar-refractivity contribution in [2.24, 2.45) is 0 Å². The molecule has 6 nitrogen and oxygen atoms in total. The number of carbonyl (C=O) groups is 2. The van der Waals surface area contributed by atoms with Gasteiger partial charge in [0.15, 0.2) is 5.75 Å². The van der Waals surface area contributed by atoms with Gasteiger partial charge < -0.3 is 9.47 Å². The van der Waals surface area contributed by atoms with Crippen LogP contribution in [0, 0.1) is 0 Å². The van der Waals surface area contributed by atoms with E-state index in [4.69, 9.17) is 9.47 Å². The van der Waals surface area contributed by atoms with Crippen molar-refractivity contribution in [3.05, 3.63) is 44.6 Å². The van der Waals surface area contributed by atoms with Crippen molar-refractivity contribution in [2.45, 2.75) is 0 Å². The molecule has 0 saturated carbocycles. The number of thiophene rings is 1. The number of nitrogens with one attached hydrogen (secondary N) is 2. The third-order valence-corrected chi connectivity index (χ3v) is 4.61. The van der Waals surface area contributed by atoms with Crippen molar-refractivity contribution in [1.29, 1.82) is 0 Å². The average Bonchev–Trinajstić information content (AvgIpc) is 2.93. The first-order chi connectivity index (χ1) is 10.6. The average molecular weight is 385 g/mol. The second-order valence-corrected chi connectivity index (χ2v) is 5.82. The third kappa shape index (κ3) is 3.58. The Labute approximate surface area is 139 Å². The third-order valence-electron chi connectivity index (χ3n) is 2.76. The zero-order valence-electron chi connectivity index (χ0n) is 11.8. The van der Waals surface area contributed by atoms with Crippen LogP contribution < -0.4 is 20.3 Å². The maximum atomic E-state index is 12.0. The SMILES string of the molecule is COc1ccc(C(=O)NNC(=O)c2scc(Br)c2OC)cc1. The smallest absolute Gasteiger partial charge is 0.283 e. The zero-order chi connectivity index (χ0) is 16.1. The highest BCUT2D eigenvalue weighted by molar-refractivity contribution is 9.10. The summed E-state index contributed by atoms with van der Waals surface area (Å²) in [6.45, 7) is 0. The number of ether oxygens (including phenoxy) is 2. The molecular formula is C14H13BrN2O4S. The fraction of sp³-hybridized carbons (Fsp3) is 0.143. The highest BCUT2D eigenvalue weighted by atomic mass is 79.9. The number of hydrogen-bond donors (Lipinski definition) is 2. The molecule has 2 amide bonds. The molecule has 0 atom stereocenters. The Morgan fingerprint density at radius 1 is 1.05 bits per heavy atom. The first-order valence-electron chi connectivity index (χ1n) is 6.12. The predicted octanol–water partition coefficient (Wildman–Crippen LogP) is 2.60. The summed E-state index contributed by atoms with van der Waals surface area (Å²) in [5.41, 5.74) is 5.11. The maximum absolute atomic E-state index is 12.0. The number of hydrogen-bond acceptors (Lipinski definition) is 5. The van der Waals surface area contributed by atoms with E-state index < -0.39 is 11.8 Å². The van der Waals surface area contributed by atoms with Gasteiger partial charge in [-0.25, -0.2) is 0 Å². The molecule has 116 valence electrons. The van der Waals surface area contributed by atoms with Crippen LogP contribution in [0.2, 0.25) is 0 Å². The number of carbonyl (C=O) groups excluding carboxylic acids is 2. The summed E-state index contributed by atoms with van der Waals surface area (Å²) >= 11 is 4.49. The van der Waals surface area contributed by atoms with Gasteiger partial charge in [0, 0.05) is 10.9 Å². The molecule has 2 rings (SSSR count). The standard InChI is InChI=1S/C14H13BrN2O4S/c1-20-9-5-3-8(4-6-9)13(18)16-17-14(19)12-11(21-2)10(15)7-22-12/h3-7H,1-2H3,(H,16,18)(H,17,19). The van der Waals surface area contributed by atoms with Gasteiger partial charge in [0.05, 0.1) is 18.7 Å². The molecule has 8 heteroatoms. The summed E-state index contributed by atoms with van der Waals surface area (Å²) < 4.78 is 10.8. The second kappa shape index (κ2) is 7.28. The first-order valence-corrected chi connectivity index (χ1v) is 7.79. The summed E-state index contributed by atoms with van der Waals surface area (Å²) in [5, 5.41) is 1.74. The lowest BCUT2D eigenvalue weighted by Gasteiger charge is -2.08. The van der Waals surface area contributed by atoms with Gasteiger partial charge >= 0.3 is 0 Å². The number of methoxy groups -OCH3 is 2. The van der Waals surface area contributed by atoms with E-state index >= 15 is 0 Å². The quantitative estimate of drug-likeness (QED) is 0.794. The molecule has 0 unspecified atom stereocenters. The Kier molecular flexibility index (Phi) is 5.40. The van der Waals surface area contributed by atoms with Gasteiger partial charge in [-0.05, 0) is 40.2 Å². The van der Waals surface area contributed by atoms with Crippen LogP contribution in [-0.2, 0) is 0 Å². The Balaban J connectivity index is 1.99. The molecule has 0 spiro atoms. The molecule has 0 radical (unpaired) electrons. The minimum Gasteiger partial charge on any atom is -0.497 e. The number of benzene rings is 1. The van der Waals surface area contributed by atoms with E-state index in [1.165, 1.54) is 18.4 Å². The van der Waals surface area contributed by atoms with E-state index in [9.17, 15) is 9.59 Å². The molecule has 2 aromatic rings. The molecule has 2 N–H and O–H groups in total. The number of hydrazine groups is 1. The highest BCUT2D eigenvalue weighted by Gasteiger charge is 2.18. The highest BCUT2D eigenvalue weighted by Crippen LogP contribution is 2.34. The summed E-state index contributed by atoms with van der Waals surface area (Å²) in [6, 6.07) is 6.53. The van der Waals surface area contributed by atoms with Gasteiger partial charge in [0.2, 0.25) is 0 Å². The van der Waals surface area contributed by atoms with Crippen LogP contribution in [-0.4, -0.2) is 26.0 Å². The Hall–Kier alpha value is -2.06. The molecule has 0 fully saturated rings. The van der Waals surface area contributed by atoms with Crippen molar-refractivity contribution in [3.63, 3.8) is 0 Å². The van der Waals surface area contributed by atoms with E-state index in [0.717, 1.165) is 0 Å². The molecule has 0 aliphatic rings. The molecule has 0 bridgehead atoms. The van der Waals surface area contributed by atoms with Gasteiger partial charge in [-0.3, -0.25) is 20.4 Å². The molecule has 0 saturated heterocycles. The predicted molar refractivity (Wildman–Crippen MR) is 86.5 cm³/mol. The van der Waals surface area contributed by atoms with Crippen molar-refractivity contribution in [3.8, 4) is 11.5 Å². The van der Waals surface area contributed by atoms with Crippen molar-refractivity contribution >= 4 is 39.1 Å². The van der Waals surface area contributed by atoms with Crippen LogP contribution in [0.4, 0.5) is 0 Å². The molecule has 1 aromatic heterocycles. The van der Waals surface area contributed by atoms with Crippen LogP contribution in [0.5, 0.6) is 11.5 Å². The lowest BCUT2D eigenvalue weighted by molar-refractivity contribution is 0.0847. The van der Waals surface area contributed by atoms with Gasteiger partial charge in [-0.1, -0.05) is 0 Å². The zero-order valence-corrected chi connectivity index (χ0v) is 14.2. The lowest BCUT2D eigenvalue weighted by Crippen LogP contribution is -2.41. The Morgan fingerprint density at radius 2 is 1.68 bits per heavy atom. The van der Waals surface area contributed by atoms with E-state index in [0.29, 0.717) is 26.4 Å². The van der Waals surface area contributed by atoms with Crippen LogP contribution in [0.1, 0.15) is 20.0 Å². The molecule has 0 aliphatic carbocycles. The van der Waals surface area contributed by atoms with E-state index in [1.807, 2.05) is 0 Å². The molecular weight excluding hydrogens is 372 g/mol. The molecule has 1 heterocycles. The molecule has 1 aromatic carbocycles. The van der Waals surface area contributed by atoms with Gasteiger partial charge in [-0.15, -0.1) is 11.3 Å². The minimum atomic E-state index is -0.450. The fourth-order valence-corrected chi connectivity index (χ4v) is 3.22. The Morgan fingerprint density at radius 3 is 2.27 bits per heavy atom. The minimum absolute atomic E-state index is 0.365. The van der Waals surface area contributed by atoms with Crippen molar-refractivity contribution in [1.82, 2.24) is 10.9 Å². The van der Waals surface area contributed by atoms with E-state index in [-0.39, 0.29) is 0 Å². The first kappa shape index (κ1) is 16.3.